The zero-order valence-electron chi connectivity index (χ0n) is 8.61. The molecule has 2 nitrogen and oxygen atoms in total. The van der Waals surface area contributed by atoms with Gasteiger partial charge in [0.25, 0.3) is 0 Å². The van der Waals surface area contributed by atoms with Crippen molar-refractivity contribution in [3.05, 3.63) is 42.2 Å². The molecule has 1 aromatic heterocycles. The molecule has 0 bridgehead atoms. The predicted molar refractivity (Wildman–Crippen MR) is 61.8 cm³/mol. The van der Waals surface area contributed by atoms with Gasteiger partial charge in [-0.15, -0.1) is 0 Å². The topological polar surface area (TPSA) is 24.9 Å². The fourth-order valence-electron chi connectivity index (χ4n) is 2.17. The molecule has 0 aliphatic carbocycles. The van der Waals surface area contributed by atoms with Gasteiger partial charge in [0.1, 0.15) is 0 Å². The highest BCUT2D eigenvalue weighted by Crippen LogP contribution is 2.21. The molecule has 2 heterocycles. The molecule has 3 rings (SSSR count). The van der Waals surface area contributed by atoms with Crippen LogP contribution in [0.25, 0.3) is 10.8 Å². The smallest absolute Gasteiger partial charge is 0.0346 e. The number of hydrogen-bond acceptors (Lipinski definition) is 2. The minimum Gasteiger partial charge on any atom is -0.316 e. The zero-order chi connectivity index (χ0) is 10.1. The summed E-state index contributed by atoms with van der Waals surface area (Å²) in [6, 6.07) is 8.62. The van der Waals surface area contributed by atoms with Gasteiger partial charge in [-0.2, -0.15) is 0 Å². The molecule has 2 heteroatoms. The van der Waals surface area contributed by atoms with Gasteiger partial charge in [-0.1, -0.05) is 18.2 Å². The first kappa shape index (κ1) is 8.86. The monoisotopic (exact) mass is 198 g/mol. The number of hydrogen-bond donors (Lipinski definition) is 1. The van der Waals surface area contributed by atoms with Gasteiger partial charge in [0.2, 0.25) is 0 Å². The average Bonchev–Trinajstić information content (AvgIpc) is 2.23. The molecule has 0 radical (unpaired) electrons. The third-order valence-corrected chi connectivity index (χ3v) is 3.15. The number of nitrogens with one attached hydrogen (secondary N) is 1. The van der Waals surface area contributed by atoms with Crippen LogP contribution in [0.15, 0.2) is 36.7 Å². The van der Waals surface area contributed by atoms with Crippen molar-refractivity contribution < 1.29 is 0 Å². The Morgan fingerprint density at radius 3 is 3.00 bits per heavy atom. The molecule has 1 aromatic carbocycles. The highest BCUT2D eigenvalue weighted by Gasteiger charge is 2.17. The molecule has 1 N–H and O–H groups in total. The molecular weight excluding hydrogens is 184 g/mol. The van der Waals surface area contributed by atoms with Crippen LogP contribution in [0.3, 0.4) is 0 Å². The summed E-state index contributed by atoms with van der Waals surface area (Å²) >= 11 is 0. The van der Waals surface area contributed by atoms with Crippen LogP contribution in [0.2, 0.25) is 0 Å². The third kappa shape index (κ3) is 1.61. The minimum atomic E-state index is 0.823. The van der Waals surface area contributed by atoms with Gasteiger partial charge in [0.15, 0.2) is 0 Å². The Hall–Kier alpha value is -1.41. The van der Waals surface area contributed by atoms with E-state index < -0.39 is 0 Å². The lowest BCUT2D eigenvalue weighted by atomic mass is 9.92. The van der Waals surface area contributed by atoms with Crippen molar-refractivity contribution in [1.29, 1.82) is 0 Å². The maximum atomic E-state index is 4.15. The van der Waals surface area contributed by atoms with Crippen LogP contribution < -0.4 is 5.32 Å². The van der Waals surface area contributed by atoms with Crippen molar-refractivity contribution in [3.8, 4) is 0 Å². The molecular formula is C13H14N2. The molecule has 76 valence electrons. The second-order valence-corrected chi connectivity index (χ2v) is 4.24. The van der Waals surface area contributed by atoms with E-state index in [1.807, 2.05) is 12.4 Å². The Balaban J connectivity index is 2.01. The summed E-state index contributed by atoms with van der Waals surface area (Å²) in [5.41, 5.74) is 1.46. The normalized spacial score (nSPS) is 16.5. The van der Waals surface area contributed by atoms with E-state index in [0.717, 1.165) is 5.92 Å². The van der Waals surface area contributed by atoms with E-state index in [9.17, 15) is 0 Å². The van der Waals surface area contributed by atoms with Crippen molar-refractivity contribution in [2.75, 3.05) is 13.1 Å². The Kier molecular flexibility index (Phi) is 2.14. The average molecular weight is 198 g/mol. The lowest BCUT2D eigenvalue weighted by Crippen LogP contribution is -2.43. The Morgan fingerprint density at radius 2 is 2.20 bits per heavy atom. The summed E-state index contributed by atoms with van der Waals surface area (Å²) in [6.07, 6.45) is 5.01. The standard InChI is InChI=1S/C13H14N2/c1-2-11(6-10-7-15-8-10)13-4-5-14-9-12(13)3-1/h1-5,9-10,15H,6-8H2. The van der Waals surface area contributed by atoms with Crippen LogP contribution in [-0.2, 0) is 6.42 Å². The number of aromatic nitrogens is 1. The van der Waals surface area contributed by atoms with E-state index in [1.165, 1.54) is 35.8 Å². The van der Waals surface area contributed by atoms with E-state index in [2.05, 4.69) is 34.6 Å². The molecule has 1 aliphatic rings. The van der Waals surface area contributed by atoms with E-state index in [0.29, 0.717) is 0 Å². The zero-order valence-corrected chi connectivity index (χ0v) is 8.61. The van der Waals surface area contributed by atoms with Gasteiger partial charge in [0, 0.05) is 17.8 Å². The Labute approximate surface area is 89.3 Å². The van der Waals surface area contributed by atoms with Gasteiger partial charge in [-0.05, 0) is 42.4 Å². The summed E-state index contributed by atoms with van der Waals surface area (Å²) in [5.74, 6) is 0.823. The number of rotatable bonds is 2. The third-order valence-electron chi connectivity index (χ3n) is 3.15. The predicted octanol–water partition coefficient (Wildman–Crippen LogP) is 2.00. The van der Waals surface area contributed by atoms with Crippen molar-refractivity contribution in [1.82, 2.24) is 10.3 Å². The maximum Gasteiger partial charge on any atom is 0.0346 e. The first-order chi connectivity index (χ1) is 7.43. The molecule has 1 fully saturated rings. The summed E-state index contributed by atoms with van der Waals surface area (Å²) < 4.78 is 0. The molecule has 0 spiro atoms. The summed E-state index contributed by atoms with van der Waals surface area (Å²) in [6.45, 7) is 2.34. The van der Waals surface area contributed by atoms with E-state index in [-0.39, 0.29) is 0 Å². The van der Waals surface area contributed by atoms with Crippen molar-refractivity contribution >= 4 is 10.8 Å². The highest BCUT2D eigenvalue weighted by atomic mass is 14.9. The number of pyridine rings is 1. The van der Waals surface area contributed by atoms with Crippen LogP contribution in [0.1, 0.15) is 5.56 Å². The molecule has 2 aromatic rings. The van der Waals surface area contributed by atoms with E-state index in [4.69, 9.17) is 0 Å². The molecule has 0 unspecified atom stereocenters. The second kappa shape index (κ2) is 3.63. The minimum absolute atomic E-state index is 0.823. The van der Waals surface area contributed by atoms with Gasteiger partial charge >= 0.3 is 0 Å². The SMILES string of the molecule is c1cc(CC2CNC2)c2ccncc2c1. The molecule has 1 saturated heterocycles. The molecule has 0 atom stereocenters. The Morgan fingerprint density at radius 1 is 1.27 bits per heavy atom. The first-order valence-corrected chi connectivity index (χ1v) is 5.46. The number of nitrogens with zero attached hydrogens (tertiary/aromatic N) is 1. The molecule has 1 aliphatic heterocycles. The lowest BCUT2D eigenvalue weighted by Gasteiger charge is -2.27. The maximum absolute atomic E-state index is 4.15. The van der Waals surface area contributed by atoms with Gasteiger partial charge in [-0.25, -0.2) is 0 Å². The second-order valence-electron chi connectivity index (χ2n) is 4.24. The van der Waals surface area contributed by atoms with Gasteiger partial charge in [0.05, 0.1) is 0 Å². The van der Waals surface area contributed by atoms with E-state index in [1.54, 1.807) is 0 Å². The van der Waals surface area contributed by atoms with Crippen LogP contribution in [0.5, 0.6) is 0 Å². The largest absolute Gasteiger partial charge is 0.316 e. The molecule has 15 heavy (non-hydrogen) atoms. The lowest BCUT2D eigenvalue weighted by molar-refractivity contribution is 0.347. The summed E-state index contributed by atoms with van der Waals surface area (Å²) in [7, 11) is 0. The summed E-state index contributed by atoms with van der Waals surface area (Å²) in [4.78, 5) is 4.15. The quantitative estimate of drug-likeness (QED) is 0.798. The van der Waals surface area contributed by atoms with Crippen LogP contribution in [-0.4, -0.2) is 18.1 Å². The molecule has 0 saturated carbocycles. The van der Waals surface area contributed by atoms with E-state index >= 15 is 0 Å². The first-order valence-electron chi connectivity index (χ1n) is 5.46. The van der Waals surface area contributed by atoms with Crippen molar-refractivity contribution in [2.45, 2.75) is 6.42 Å². The molecule has 0 amide bonds. The van der Waals surface area contributed by atoms with Gasteiger partial charge < -0.3 is 5.32 Å². The summed E-state index contributed by atoms with van der Waals surface area (Å²) in [5, 5.41) is 5.93. The fourth-order valence-corrected chi connectivity index (χ4v) is 2.17. The van der Waals surface area contributed by atoms with Gasteiger partial charge in [-0.3, -0.25) is 4.98 Å². The van der Waals surface area contributed by atoms with Crippen molar-refractivity contribution in [2.24, 2.45) is 5.92 Å². The Bertz CT molecular complexity index is 469. The van der Waals surface area contributed by atoms with Crippen LogP contribution >= 0.6 is 0 Å². The fraction of sp³-hybridized carbons (Fsp3) is 0.308. The van der Waals surface area contributed by atoms with Crippen molar-refractivity contribution in [3.63, 3.8) is 0 Å². The van der Waals surface area contributed by atoms with Crippen LogP contribution in [0.4, 0.5) is 0 Å². The highest BCUT2D eigenvalue weighted by molar-refractivity contribution is 5.84. The van der Waals surface area contributed by atoms with Crippen LogP contribution in [0, 0.1) is 5.92 Å². The number of benzene rings is 1. The number of fused-ring (bicyclic) bond motifs is 1.